The number of nitrogens with zero attached hydrogens (tertiary/aromatic N) is 1. The van der Waals surface area contributed by atoms with Crippen LogP contribution in [0, 0.1) is 0 Å². The summed E-state index contributed by atoms with van der Waals surface area (Å²) < 4.78 is 28.0. The van der Waals surface area contributed by atoms with Gasteiger partial charge in [0.25, 0.3) is 9.05 Å². The molecule has 1 aromatic heterocycles. The van der Waals surface area contributed by atoms with Crippen LogP contribution >= 0.6 is 10.7 Å². The lowest BCUT2D eigenvalue weighted by atomic mass is 10.2. The summed E-state index contributed by atoms with van der Waals surface area (Å²) in [5.41, 5.74) is 0.781. The molecular weight excluding hydrogens is 298 g/mol. The molecule has 2 aromatic rings. The van der Waals surface area contributed by atoms with Gasteiger partial charge in [-0.2, -0.15) is 0 Å². The lowest BCUT2D eigenvalue weighted by molar-refractivity contribution is 0.492. The summed E-state index contributed by atoms with van der Waals surface area (Å²) in [5, 5.41) is 0. The monoisotopic (exact) mass is 313 g/mol. The third-order valence-electron chi connectivity index (χ3n) is 2.97. The molecule has 0 unspecified atom stereocenters. The summed E-state index contributed by atoms with van der Waals surface area (Å²) in [6.45, 7) is 2.15. The van der Waals surface area contributed by atoms with Crippen LogP contribution in [-0.2, 0) is 15.5 Å². The molecule has 20 heavy (non-hydrogen) atoms. The summed E-state index contributed by atoms with van der Waals surface area (Å²) in [6.07, 6.45) is 5.84. The van der Waals surface area contributed by atoms with Gasteiger partial charge in [0.1, 0.15) is 0 Å². The average Bonchev–Trinajstić information content (AvgIpc) is 2.87. The van der Waals surface area contributed by atoms with Gasteiger partial charge in [0.2, 0.25) is 0 Å². The zero-order valence-electron chi connectivity index (χ0n) is 11.2. The zero-order valence-corrected chi connectivity index (χ0v) is 12.7. The van der Waals surface area contributed by atoms with Gasteiger partial charge in [0, 0.05) is 22.7 Å². The number of halogens is 1. The Labute approximate surface area is 123 Å². The molecule has 6 heteroatoms. The maximum atomic E-state index is 11.2. The van der Waals surface area contributed by atoms with Crippen molar-refractivity contribution in [2.24, 2.45) is 0 Å². The van der Waals surface area contributed by atoms with E-state index in [1.54, 1.807) is 18.3 Å². The Hall–Kier alpha value is -1.33. The van der Waals surface area contributed by atoms with E-state index in [9.17, 15) is 8.42 Å². The van der Waals surface area contributed by atoms with Crippen molar-refractivity contribution in [3.8, 4) is 11.3 Å². The summed E-state index contributed by atoms with van der Waals surface area (Å²) in [5.74, 6) is 1.34. The molecule has 108 valence electrons. The van der Waals surface area contributed by atoms with Crippen LogP contribution in [0.5, 0.6) is 0 Å². The van der Waals surface area contributed by atoms with Crippen LogP contribution in [0.2, 0.25) is 0 Å². The van der Waals surface area contributed by atoms with E-state index in [2.05, 4.69) is 11.9 Å². The van der Waals surface area contributed by atoms with Crippen molar-refractivity contribution in [3.63, 3.8) is 0 Å². The first-order valence-electron chi connectivity index (χ1n) is 6.50. The van der Waals surface area contributed by atoms with E-state index in [1.807, 2.05) is 0 Å². The van der Waals surface area contributed by atoms with E-state index in [1.165, 1.54) is 12.1 Å². The molecule has 0 N–H and O–H groups in total. The minimum atomic E-state index is -3.69. The SMILES string of the molecule is CCCCCc1ncc(-c2ccc(S(=O)(=O)Cl)cc2)o1. The molecule has 0 spiro atoms. The highest BCUT2D eigenvalue weighted by atomic mass is 35.7. The van der Waals surface area contributed by atoms with Crippen LogP contribution in [0.25, 0.3) is 11.3 Å². The fourth-order valence-corrected chi connectivity index (χ4v) is 2.64. The van der Waals surface area contributed by atoms with Crippen molar-refractivity contribution in [3.05, 3.63) is 36.4 Å². The highest BCUT2D eigenvalue weighted by Crippen LogP contribution is 2.24. The number of hydrogen-bond acceptors (Lipinski definition) is 4. The first-order chi connectivity index (χ1) is 9.50. The highest BCUT2D eigenvalue weighted by Gasteiger charge is 2.11. The standard InChI is InChI=1S/C14H16ClNO3S/c1-2-3-4-5-14-16-10-13(19-14)11-6-8-12(9-7-11)20(15,17)18/h6-10H,2-5H2,1H3. The molecule has 0 amide bonds. The molecule has 0 radical (unpaired) electrons. The zero-order chi connectivity index (χ0) is 14.6. The Bertz CT molecular complexity index is 662. The molecule has 0 aliphatic carbocycles. The minimum Gasteiger partial charge on any atom is -0.441 e. The smallest absolute Gasteiger partial charge is 0.261 e. The lowest BCUT2D eigenvalue weighted by Gasteiger charge is -1.99. The molecule has 0 saturated heterocycles. The van der Waals surface area contributed by atoms with Crippen LogP contribution in [0.4, 0.5) is 0 Å². The summed E-state index contributed by atoms with van der Waals surface area (Å²) in [4.78, 5) is 4.30. The molecular formula is C14H16ClNO3S. The van der Waals surface area contributed by atoms with Gasteiger partial charge in [0.05, 0.1) is 11.1 Å². The number of rotatable bonds is 6. The summed E-state index contributed by atoms with van der Waals surface area (Å²) in [7, 11) is 1.58. The Morgan fingerprint density at radius 3 is 2.50 bits per heavy atom. The number of hydrogen-bond donors (Lipinski definition) is 0. The first kappa shape index (κ1) is 15.1. The minimum absolute atomic E-state index is 0.0746. The number of aryl methyl sites for hydroxylation is 1. The molecule has 2 rings (SSSR count). The van der Waals surface area contributed by atoms with E-state index < -0.39 is 9.05 Å². The molecule has 0 aliphatic heterocycles. The number of benzene rings is 1. The van der Waals surface area contributed by atoms with E-state index in [4.69, 9.17) is 15.1 Å². The number of aromatic nitrogens is 1. The fraction of sp³-hybridized carbons (Fsp3) is 0.357. The van der Waals surface area contributed by atoms with Crippen molar-refractivity contribution in [1.82, 2.24) is 4.98 Å². The number of unbranched alkanes of at least 4 members (excludes halogenated alkanes) is 2. The van der Waals surface area contributed by atoms with Crippen molar-refractivity contribution in [2.75, 3.05) is 0 Å². The van der Waals surface area contributed by atoms with Gasteiger partial charge in [-0.1, -0.05) is 19.8 Å². The second-order valence-corrected chi connectivity index (χ2v) is 7.10. The molecule has 0 bridgehead atoms. The Morgan fingerprint density at radius 2 is 1.90 bits per heavy atom. The van der Waals surface area contributed by atoms with Gasteiger partial charge in [-0.3, -0.25) is 0 Å². The van der Waals surface area contributed by atoms with Gasteiger partial charge in [0.15, 0.2) is 11.7 Å². The van der Waals surface area contributed by atoms with Crippen molar-refractivity contribution in [2.45, 2.75) is 37.5 Å². The summed E-state index contributed by atoms with van der Waals surface area (Å²) in [6, 6.07) is 6.23. The maximum Gasteiger partial charge on any atom is 0.261 e. The second-order valence-electron chi connectivity index (χ2n) is 4.54. The Balaban J connectivity index is 2.12. The predicted octanol–water partition coefficient (Wildman–Crippen LogP) is 4.00. The van der Waals surface area contributed by atoms with Crippen LogP contribution in [-0.4, -0.2) is 13.4 Å². The molecule has 0 aliphatic rings. The molecule has 1 heterocycles. The third kappa shape index (κ3) is 3.84. The van der Waals surface area contributed by atoms with Gasteiger partial charge < -0.3 is 4.42 Å². The topological polar surface area (TPSA) is 60.2 Å². The van der Waals surface area contributed by atoms with Gasteiger partial charge >= 0.3 is 0 Å². The van der Waals surface area contributed by atoms with Crippen LogP contribution < -0.4 is 0 Å². The second kappa shape index (κ2) is 6.41. The average molecular weight is 314 g/mol. The van der Waals surface area contributed by atoms with Gasteiger partial charge in [-0.15, -0.1) is 0 Å². The van der Waals surface area contributed by atoms with Crippen molar-refractivity contribution >= 4 is 19.7 Å². The van der Waals surface area contributed by atoms with Crippen LogP contribution in [0.1, 0.15) is 32.1 Å². The normalized spacial score (nSPS) is 11.7. The number of oxazole rings is 1. The van der Waals surface area contributed by atoms with Crippen LogP contribution in [0.3, 0.4) is 0 Å². The predicted molar refractivity (Wildman–Crippen MR) is 78.2 cm³/mol. The summed E-state index contributed by atoms with van der Waals surface area (Å²) >= 11 is 0. The van der Waals surface area contributed by atoms with E-state index in [0.717, 1.165) is 31.2 Å². The Morgan fingerprint density at radius 1 is 1.20 bits per heavy atom. The molecule has 0 atom stereocenters. The maximum absolute atomic E-state index is 11.2. The highest BCUT2D eigenvalue weighted by molar-refractivity contribution is 8.13. The first-order valence-corrected chi connectivity index (χ1v) is 8.81. The third-order valence-corrected chi connectivity index (χ3v) is 4.34. The molecule has 1 aromatic carbocycles. The van der Waals surface area contributed by atoms with Crippen molar-refractivity contribution < 1.29 is 12.8 Å². The van der Waals surface area contributed by atoms with E-state index >= 15 is 0 Å². The van der Waals surface area contributed by atoms with Gasteiger partial charge in [-0.25, -0.2) is 13.4 Å². The fourth-order valence-electron chi connectivity index (χ4n) is 1.87. The molecule has 0 fully saturated rings. The molecule has 0 saturated carbocycles. The van der Waals surface area contributed by atoms with E-state index in [-0.39, 0.29) is 4.90 Å². The van der Waals surface area contributed by atoms with Gasteiger partial charge in [-0.05, 0) is 30.7 Å². The largest absolute Gasteiger partial charge is 0.441 e. The van der Waals surface area contributed by atoms with Crippen molar-refractivity contribution in [1.29, 1.82) is 0 Å². The van der Waals surface area contributed by atoms with Crippen LogP contribution in [0.15, 0.2) is 39.8 Å². The molecule has 4 nitrogen and oxygen atoms in total. The van der Waals surface area contributed by atoms with E-state index in [0.29, 0.717) is 11.7 Å². The Kier molecular flexibility index (Phi) is 4.83. The quantitative estimate of drug-likeness (QED) is 0.597. The lowest BCUT2D eigenvalue weighted by Crippen LogP contribution is -1.89.